The van der Waals surface area contributed by atoms with Crippen LogP contribution in [0.15, 0.2) is 41.6 Å². The molecule has 0 aliphatic rings. The lowest BCUT2D eigenvalue weighted by Crippen LogP contribution is -2.24. The maximum Gasteiger partial charge on any atom is 0.337 e. The molecule has 3 rings (SSSR count). The van der Waals surface area contributed by atoms with Crippen molar-refractivity contribution in [1.29, 1.82) is 0 Å². The first-order valence-electron chi connectivity index (χ1n) is 9.27. The van der Waals surface area contributed by atoms with Crippen LogP contribution in [0.4, 0.5) is 0 Å². The predicted molar refractivity (Wildman–Crippen MR) is 114 cm³/mol. The first-order valence-corrected chi connectivity index (χ1v) is 14.6. The van der Waals surface area contributed by atoms with Crippen LogP contribution in [0.5, 0.6) is 0 Å². The Bertz CT molecular complexity index is 1140. The second-order valence-electron chi connectivity index (χ2n) is 7.97. The Kier molecular flexibility index (Phi) is 6.13. The number of aromatic amines is 1. The molecule has 0 aliphatic heterocycles. The van der Waals surface area contributed by atoms with Gasteiger partial charge in [-0.3, -0.25) is 0 Å². The summed E-state index contributed by atoms with van der Waals surface area (Å²) in [6.45, 7) is 6.36. The van der Waals surface area contributed by atoms with Gasteiger partial charge in [0.05, 0.1) is 24.0 Å². The number of carbonyl (C=O) groups is 1. The number of sulfone groups is 1. The topological polar surface area (TPSA) is 128 Å². The number of H-pyrrole nitrogens is 1. The number of rotatable bonds is 7. The Hall–Kier alpha value is -2.92. The lowest BCUT2D eigenvalue weighted by molar-refractivity contribution is 0.0600. The third kappa shape index (κ3) is 4.79. The number of hydrogen-bond donors (Lipinski definition) is 1. The van der Waals surface area contributed by atoms with E-state index in [9.17, 15) is 13.2 Å². The molecule has 30 heavy (non-hydrogen) atoms. The van der Waals surface area contributed by atoms with Gasteiger partial charge in [0.15, 0.2) is 14.9 Å². The highest BCUT2D eigenvalue weighted by Gasteiger charge is 2.28. The quantitative estimate of drug-likeness (QED) is 0.434. The molecule has 0 atom stereocenters. The largest absolute Gasteiger partial charge is 0.465 e. The summed E-state index contributed by atoms with van der Waals surface area (Å²) in [5.74, 6) is -0.309. The van der Waals surface area contributed by atoms with Crippen LogP contribution in [-0.4, -0.2) is 60.9 Å². The lowest BCUT2D eigenvalue weighted by atomic mass is 10.00. The zero-order valence-corrected chi connectivity index (χ0v) is 19.0. The van der Waals surface area contributed by atoms with Crippen molar-refractivity contribution in [2.45, 2.75) is 30.7 Å². The number of benzene rings is 1. The number of nitrogens with one attached hydrogen (secondary N) is 1. The number of nitrogens with zero attached hydrogens (tertiary/aromatic N) is 4. The molecule has 0 saturated carbocycles. The maximum absolute atomic E-state index is 13.2. The summed E-state index contributed by atoms with van der Waals surface area (Å²) in [5.41, 5.74) is 1.94. The smallest absolute Gasteiger partial charge is 0.337 e. The van der Waals surface area contributed by atoms with Crippen molar-refractivity contribution >= 4 is 23.9 Å². The summed E-state index contributed by atoms with van der Waals surface area (Å²) in [7, 11) is -3.95. The lowest BCUT2D eigenvalue weighted by Gasteiger charge is -2.17. The molecule has 0 spiro atoms. The van der Waals surface area contributed by atoms with Gasteiger partial charge in [0.25, 0.3) is 0 Å². The van der Waals surface area contributed by atoms with Gasteiger partial charge >= 0.3 is 5.97 Å². The number of ether oxygens (including phenoxy) is 1. The summed E-state index contributed by atoms with van der Waals surface area (Å²) < 4.78 is 31.1. The highest BCUT2D eigenvalue weighted by atomic mass is 32.2. The van der Waals surface area contributed by atoms with Gasteiger partial charge in [0.1, 0.15) is 0 Å². The van der Waals surface area contributed by atoms with Gasteiger partial charge in [0.2, 0.25) is 5.82 Å². The van der Waals surface area contributed by atoms with Crippen molar-refractivity contribution < 1.29 is 17.9 Å². The summed E-state index contributed by atoms with van der Waals surface area (Å²) in [4.78, 5) is 15.9. The average Bonchev–Trinajstić information content (AvgIpc) is 3.25. The standard InChI is InChI=1S/C19H23N5O4SSi/c1-28-19(25)14-7-5-13(6-8-14)15-9-10-20-18(16(15)17-21-23-24-22-17)29(26,27)11-12-30(2,3)4/h5-10H,11-12H2,1-4H3,(H,21,22,23,24). The number of esters is 1. The van der Waals surface area contributed by atoms with Crippen LogP contribution >= 0.6 is 0 Å². The molecular formula is C19H23N5O4SSi. The molecule has 0 amide bonds. The third-order valence-electron chi connectivity index (χ3n) is 4.52. The fourth-order valence-electron chi connectivity index (χ4n) is 2.84. The Morgan fingerprint density at radius 1 is 1.13 bits per heavy atom. The zero-order valence-electron chi connectivity index (χ0n) is 17.2. The molecule has 9 nitrogen and oxygen atoms in total. The van der Waals surface area contributed by atoms with Gasteiger partial charge in [-0.15, -0.1) is 10.2 Å². The van der Waals surface area contributed by atoms with Crippen LogP contribution in [-0.2, 0) is 14.6 Å². The van der Waals surface area contributed by atoms with E-state index >= 15 is 0 Å². The second-order valence-corrected chi connectivity index (χ2v) is 15.6. The Morgan fingerprint density at radius 3 is 2.40 bits per heavy atom. The van der Waals surface area contributed by atoms with Crippen molar-refractivity contribution in [3.63, 3.8) is 0 Å². The van der Waals surface area contributed by atoms with Crippen LogP contribution in [0.3, 0.4) is 0 Å². The highest BCUT2D eigenvalue weighted by molar-refractivity contribution is 7.91. The minimum absolute atomic E-state index is 0.00526. The van der Waals surface area contributed by atoms with Crippen molar-refractivity contribution in [3.8, 4) is 22.5 Å². The minimum Gasteiger partial charge on any atom is -0.465 e. The number of hydrogen-bond acceptors (Lipinski definition) is 8. The van der Waals surface area contributed by atoms with Gasteiger partial charge in [0, 0.05) is 14.3 Å². The van der Waals surface area contributed by atoms with Crippen molar-refractivity contribution in [1.82, 2.24) is 25.6 Å². The van der Waals surface area contributed by atoms with E-state index < -0.39 is 23.9 Å². The first-order chi connectivity index (χ1) is 14.1. The number of aromatic nitrogens is 5. The molecule has 0 bridgehead atoms. The van der Waals surface area contributed by atoms with E-state index in [0.29, 0.717) is 22.7 Å². The van der Waals surface area contributed by atoms with Crippen LogP contribution in [0, 0.1) is 0 Å². The van der Waals surface area contributed by atoms with E-state index in [1.165, 1.54) is 13.3 Å². The van der Waals surface area contributed by atoms with Crippen LogP contribution in [0.2, 0.25) is 25.7 Å². The molecule has 11 heteroatoms. The Morgan fingerprint density at radius 2 is 1.83 bits per heavy atom. The van der Waals surface area contributed by atoms with E-state index in [0.717, 1.165) is 0 Å². The predicted octanol–water partition coefficient (Wildman–Crippen LogP) is 2.83. The van der Waals surface area contributed by atoms with E-state index in [2.05, 4.69) is 45.2 Å². The molecule has 3 aromatic rings. The fraction of sp³-hybridized carbons (Fsp3) is 0.316. The molecule has 0 unspecified atom stereocenters. The van der Waals surface area contributed by atoms with Crippen LogP contribution in [0.25, 0.3) is 22.5 Å². The van der Waals surface area contributed by atoms with Gasteiger partial charge in [-0.2, -0.15) is 5.21 Å². The summed E-state index contributed by atoms with van der Waals surface area (Å²) in [6.07, 6.45) is 1.45. The maximum atomic E-state index is 13.2. The normalized spacial score (nSPS) is 12.0. The number of tetrazole rings is 1. The summed E-state index contributed by atoms with van der Waals surface area (Å²) in [5, 5.41) is 13.9. The first kappa shape index (κ1) is 21.8. The van der Waals surface area contributed by atoms with Gasteiger partial charge in [-0.1, -0.05) is 31.8 Å². The molecule has 0 aliphatic carbocycles. The number of pyridine rings is 1. The second kappa shape index (κ2) is 8.44. The van der Waals surface area contributed by atoms with Crippen LogP contribution < -0.4 is 0 Å². The highest BCUT2D eigenvalue weighted by Crippen LogP contribution is 2.35. The molecule has 0 saturated heterocycles. The molecule has 158 valence electrons. The number of carbonyl (C=O) groups excluding carboxylic acids is 1. The molecule has 2 aromatic heterocycles. The van der Waals surface area contributed by atoms with Crippen LogP contribution in [0.1, 0.15) is 10.4 Å². The third-order valence-corrected chi connectivity index (χ3v) is 8.27. The monoisotopic (exact) mass is 445 g/mol. The molecule has 0 fully saturated rings. The molecule has 0 radical (unpaired) electrons. The van der Waals surface area contributed by atoms with E-state index in [-0.39, 0.29) is 22.2 Å². The van der Waals surface area contributed by atoms with E-state index in [1.807, 2.05) is 0 Å². The Labute approximate surface area is 175 Å². The summed E-state index contributed by atoms with van der Waals surface area (Å²) in [6, 6.07) is 8.95. The van der Waals surface area contributed by atoms with Gasteiger partial charge in [-0.25, -0.2) is 18.2 Å². The van der Waals surface area contributed by atoms with E-state index in [1.54, 1.807) is 30.3 Å². The molecular weight excluding hydrogens is 422 g/mol. The van der Waals surface area contributed by atoms with Gasteiger partial charge < -0.3 is 4.74 Å². The average molecular weight is 446 g/mol. The van der Waals surface area contributed by atoms with Crippen molar-refractivity contribution in [3.05, 3.63) is 42.1 Å². The molecule has 2 heterocycles. The van der Waals surface area contributed by atoms with Crippen molar-refractivity contribution in [2.75, 3.05) is 12.9 Å². The molecule has 1 N–H and O–H groups in total. The molecule has 1 aromatic carbocycles. The zero-order chi connectivity index (χ0) is 21.9. The summed E-state index contributed by atoms with van der Waals surface area (Å²) >= 11 is 0. The van der Waals surface area contributed by atoms with Crippen molar-refractivity contribution in [2.24, 2.45) is 0 Å². The fourth-order valence-corrected chi connectivity index (χ4v) is 7.30. The number of methoxy groups -OCH3 is 1. The minimum atomic E-state index is -3.68. The van der Waals surface area contributed by atoms with Gasteiger partial charge in [-0.05, 0) is 40.6 Å². The van der Waals surface area contributed by atoms with E-state index in [4.69, 9.17) is 4.74 Å². The Balaban J connectivity index is 2.14. The SMILES string of the molecule is COC(=O)c1ccc(-c2ccnc(S(=O)(=O)CC[Si](C)(C)C)c2-c2nn[nH]n2)cc1.